The van der Waals surface area contributed by atoms with Crippen LogP contribution in [-0.2, 0) is 4.79 Å². The van der Waals surface area contributed by atoms with E-state index in [4.69, 9.17) is 5.73 Å². The molecular weight excluding hydrogens is 328 g/mol. The number of hydrogen-bond donors (Lipinski definition) is 3. The zero-order chi connectivity index (χ0) is 16.9. The molecule has 2 amide bonds. The number of nitrogens with zero attached hydrogens (tertiary/aromatic N) is 1. The van der Waals surface area contributed by atoms with E-state index in [9.17, 15) is 9.59 Å². The summed E-state index contributed by atoms with van der Waals surface area (Å²) in [5, 5.41) is 5.60. The van der Waals surface area contributed by atoms with Gasteiger partial charge in [-0.1, -0.05) is 13.0 Å². The first kappa shape index (κ1) is 20.4. The van der Waals surface area contributed by atoms with Crippen LogP contribution in [0.4, 0.5) is 5.69 Å². The smallest absolute Gasteiger partial charge is 0.251 e. The van der Waals surface area contributed by atoms with Crippen molar-refractivity contribution in [1.82, 2.24) is 10.2 Å². The molecule has 134 valence electrons. The number of rotatable bonds is 6. The molecule has 0 saturated carbocycles. The van der Waals surface area contributed by atoms with Crippen molar-refractivity contribution in [2.24, 2.45) is 11.1 Å². The van der Waals surface area contributed by atoms with E-state index in [0.717, 1.165) is 19.5 Å². The standard InChI is InChI=1S/C17H26N4O2.ClH/c1-3-19-16(23)13-5-4-6-14(9-13)20-15(22)10-21-8-7-17(2,11-18)12-21;/h4-6,9H,3,7-8,10-12,18H2,1-2H3,(H,19,23)(H,20,22);1H. The van der Waals surface area contributed by atoms with E-state index in [0.29, 0.717) is 30.9 Å². The van der Waals surface area contributed by atoms with Gasteiger partial charge in [-0.3, -0.25) is 14.5 Å². The molecule has 1 aromatic rings. The van der Waals surface area contributed by atoms with Gasteiger partial charge < -0.3 is 16.4 Å². The lowest BCUT2D eigenvalue weighted by atomic mass is 9.90. The molecule has 0 aliphatic carbocycles. The topological polar surface area (TPSA) is 87.5 Å². The predicted molar refractivity (Wildman–Crippen MR) is 98.5 cm³/mol. The number of carbonyl (C=O) groups excluding carboxylic acids is 2. The fourth-order valence-corrected chi connectivity index (χ4v) is 2.83. The SMILES string of the molecule is CCNC(=O)c1cccc(NC(=O)CN2CCC(C)(CN)C2)c1.Cl. The summed E-state index contributed by atoms with van der Waals surface area (Å²) >= 11 is 0. The van der Waals surface area contributed by atoms with Gasteiger partial charge in [0.05, 0.1) is 6.54 Å². The molecule has 1 aliphatic heterocycles. The maximum absolute atomic E-state index is 12.2. The zero-order valence-electron chi connectivity index (χ0n) is 14.3. The molecule has 1 aliphatic rings. The van der Waals surface area contributed by atoms with Gasteiger partial charge in [-0.25, -0.2) is 0 Å². The molecule has 1 atom stereocenters. The van der Waals surface area contributed by atoms with E-state index < -0.39 is 0 Å². The lowest BCUT2D eigenvalue weighted by Crippen LogP contribution is -2.35. The fourth-order valence-electron chi connectivity index (χ4n) is 2.83. The van der Waals surface area contributed by atoms with Crippen LogP contribution >= 0.6 is 12.4 Å². The molecule has 1 heterocycles. The highest BCUT2D eigenvalue weighted by Gasteiger charge is 2.33. The lowest BCUT2D eigenvalue weighted by Gasteiger charge is -2.22. The second-order valence-corrected chi connectivity index (χ2v) is 6.46. The number of benzene rings is 1. The highest BCUT2D eigenvalue weighted by molar-refractivity contribution is 5.97. The Kier molecular flexibility index (Phi) is 7.66. The normalized spacial score (nSPS) is 20.3. The van der Waals surface area contributed by atoms with Crippen molar-refractivity contribution in [3.63, 3.8) is 0 Å². The third kappa shape index (κ3) is 5.47. The molecule has 0 aromatic heterocycles. The number of hydrogen-bond acceptors (Lipinski definition) is 4. The van der Waals surface area contributed by atoms with Gasteiger partial charge in [0, 0.05) is 24.3 Å². The minimum Gasteiger partial charge on any atom is -0.352 e. The quantitative estimate of drug-likeness (QED) is 0.722. The maximum Gasteiger partial charge on any atom is 0.251 e. The highest BCUT2D eigenvalue weighted by Crippen LogP contribution is 2.28. The van der Waals surface area contributed by atoms with Gasteiger partial charge >= 0.3 is 0 Å². The highest BCUT2D eigenvalue weighted by atomic mass is 35.5. The first-order chi connectivity index (χ1) is 11.0. The molecule has 24 heavy (non-hydrogen) atoms. The molecule has 0 bridgehead atoms. The van der Waals surface area contributed by atoms with Crippen molar-refractivity contribution in [1.29, 1.82) is 0 Å². The van der Waals surface area contributed by atoms with Gasteiger partial charge in [0.15, 0.2) is 0 Å². The van der Waals surface area contributed by atoms with Gasteiger partial charge in [-0.2, -0.15) is 0 Å². The Balaban J connectivity index is 0.00000288. The van der Waals surface area contributed by atoms with Crippen molar-refractivity contribution < 1.29 is 9.59 Å². The average Bonchev–Trinajstić information content (AvgIpc) is 2.89. The molecule has 1 unspecified atom stereocenters. The first-order valence-corrected chi connectivity index (χ1v) is 8.06. The van der Waals surface area contributed by atoms with E-state index >= 15 is 0 Å². The molecule has 4 N–H and O–H groups in total. The zero-order valence-corrected chi connectivity index (χ0v) is 15.1. The third-order valence-corrected chi connectivity index (χ3v) is 4.24. The molecule has 1 fully saturated rings. The summed E-state index contributed by atoms with van der Waals surface area (Å²) in [6.07, 6.45) is 1.02. The Morgan fingerprint density at radius 2 is 2.12 bits per heavy atom. The summed E-state index contributed by atoms with van der Waals surface area (Å²) < 4.78 is 0. The summed E-state index contributed by atoms with van der Waals surface area (Å²) in [5.41, 5.74) is 7.08. The monoisotopic (exact) mass is 354 g/mol. The van der Waals surface area contributed by atoms with Crippen molar-refractivity contribution in [2.45, 2.75) is 20.3 Å². The molecule has 6 nitrogen and oxygen atoms in total. The summed E-state index contributed by atoms with van der Waals surface area (Å²) in [6, 6.07) is 6.97. The Morgan fingerprint density at radius 3 is 2.75 bits per heavy atom. The van der Waals surface area contributed by atoms with E-state index in [1.54, 1.807) is 24.3 Å². The van der Waals surface area contributed by atoms with E-state index in [1.165, 1.54) is 0 Å². The molecule has 7 heteroatoms. The molecular formula is C17H27ClN4O2. The van der Waals surface area contributed by atoms with Gasteiger partial charge in [-0.05, 0) is 50.0 Å². The Morgan fingerprint density at radius 1 is 1.38 bits per heavy atom. The summed E-state index contributed by atoms with van der Waals surface area (Å²) in [4.78, 5) is 26.1. The van der Waals surface area contributed by atoms with Gasteiger partial charge in [0.25, 0.3) is 5.91 Å². The largest absolute Gasteiger partial charge is 0.352 e. The van der Waals surface area contributed by atoms with Crippen LogP contribution in [-0.4, -0.2) is 49.4 Å². The summed E-state index contributed by atoms with van der Waals surface area (Å²) in [6.45, 7) is 7.32. The molecule has 0 radical (unpaired) electrons. The number of halogens is 1. The Hall–Kier alpha value is -1.63. The number of anilines is 1. The average molecular weight is 355 g/mol. The van der Waals surface area contributed by atoms with Crippen molar-refractivity contribution in [3.8, 4) is 0 Å². The van der Waals surface area contributed by atoms with Crippen LogP contribution in [0.5, 0.6) is 0 Å². The third-order valence-electron chi connectivity index (χ3n) is 4.24. The number of likely N-dealkylation sites (tertiary alicyclic amines) is 1. The fraction of sp³-hybridized carbons (Fsp3) is 0.529. The van der Waals surface area contributed by atoms with Gasteiger partial charge in [0.1, 0.15) is 0 Å². The van der Waals surface area contributed by atoms with Crippen LogP contribution in [0.25, 0.3) is 0 Å². The molecule has 1 aromatic carbocycles. The number of nitrogens with one attached hydrogen (secondary N) is 2. The number of amides is 2. The molecule has 1 saturated heterocycles. The Labute approximate surface area is 149 Å². The van der Waals surface area contributed by atoms with Gasteiger partial charge in [0.2, 0.25) is 5.91 Å². The van der Waals surface area contributed by atoms with E-state index in [-0.39, 0.29) is 29.6 Å². The Bertz CT molecular complexity index is 581. The first-order valence-electron chi connectivity index (χ1n) is 8.06. The van der Waals surface area contributed by atoms with E-state index in [2.05, 4.69) is 22.5 Å². The van der Waals surface area contributed by atoms with Crippen LogP contribution in [0, 0.1) is 5.41 Å². The molecule has 0 spiro atoms. The van der Waals surface area contributed by atoms with Crippen LogP contribution < -0.4 is 16.4 Å². The van der Waals surface area contributed by atoms with Gasteiger partial charge in [-0.15, -0.1) is 12.4 Å². The summed E-state index contributed by atoms with van der Waals surface area (Å²) in [7, 11) is 0. The van der Waals surface area contributed by atoms with Crippen LogP contribution in [0.1, 0.15) is 30.6 Å². The summed E-state index contributed by atoms with van der Waals surface area (Å²) in [5.74, 6) is -0.207. The minimum absolute atomic E-state index is 0. The van der Waals surface area contributed by atoms with Crippen molar-refractivity contribution in [2.75, 3.05) is 38.0 Å². The van der Waals surface area contributed by atoms with E-state index in [1.807, 2.05) is 6.92 Å². The number of carbonyl (C=O) groups is 2. The van der Waals surface area contributed by atoms with Crippen molar-refractivity contribution >= 4 is 29.9 Å². The maximum atomic E-state index is 12.2. The molecule has 2 rings (SSSR count). The van der Waals surface area contributed by atoms with Crippen LogP contribution in [0.3, 0.4) is 0 Å². The minimum atomic E-state index is -0.137. The predicted octanol–water partition coefficient (Wildman–Crippen LogP) is 1.47. The van der Waals surface area contributed by atoms with Crippen molar-refractivity contribution in [3.05, 3.63) is 29.8 Å². The second-order valence-electron chi connectivity index (χ2n) is 6.46. The van der Waals surface area contributed by atoms with Crippen LogP contribution in [0.15, 0.2) is 24.3 Å². The van der Waals surface area contributed by atoms with Crippen LogP contribution in [0.2, 0.25) is 0 Å². The lowest BCUT2D eigenvalue weighted by molar-refractivity contribution is -0.117. The second kappa shape index (κ2) is 9.01. The number of nitrogens with two attached hydrogens (primary N) is 1.